The first kappa shape index (κ1) is 29.2. The molecule has 0 aliphatic carbocycles. The number of ether oxygens (including phenoxy) is 1. The van der Waals surface area contributed by atoms with E-state index >= 15 is 0 Å². The fourth-order valence-electron chi connectivity index (χ4n) is 3.97. The Morgan fingerprint density at radius 1 is 1.17 bits per heavy atom. The number of Topliss-reactive ketones (excluding diaryl/α,β-unsaturated/α-hetero) is 2. The number of methoxy groups -OCH3 is 1. The highest BCUT2D eigenvalue weighted by molar-refractivity contribution is 7.24. The lowest BCUT2D eigenvalue weighted by molar-refractivity contribution is -0.132. The third kappa shape index (κ3) is 10.7. The second kappa shape index (κ2) is 15.9. The molecule has 0 spiro atoms. The van der Waals surface area contributed by atoms with E-state index in [1.807, 2.05) is 0 Å². The molecule has 2 aromatic heterocycles. The number of rotatable bonds is 12. The number of aryl methyl sites for hydroxylation is 2. The van der Waals surface area contributed by atoms with Crippen LogP contribution in [0, 0.1) is 0 Å². The molecule has 198 valence electrons. The van der Waals surface area contributed by atoms with Crippen LogP contribution in [0.3, 0.4) is 0 Å². The summed E-state index contributed by atoms with van der Waals surface area (Å²) in [4.78, 5) is 37.2. The summed E-state index contributed by atoms with van der Waals surface area (Å²) >= 11 is 0. The van der Waals surface area contributed by atoms with Gasteiger partial charge < -0.3 is 14.8 Å². The van der Waals surface area contributed by atoms with E-state index in [1.54, 1.807) is 19.3 Å². The lowest BCUT2D eigenvalue weighted by Crippen LogP contribution is -2.11. The van der Waals surface area contributed by atoms with E-state index in [4.69, 9.17) is 24.1 Å². The van der Waals surface area contributed by atoms with Gasteiger partial charge in [0.2, 0.25) is 0 Å². The van der Waals surface area contributed by atoms with Crippen molar-refractivity contribution in [2.24, 2.45) is 0 Å². The number of carbonyl (C=O) groups excluding carboxylic acids is 2. The maximum Gasteiger partial charge on any atom is 0.496 e. The molecule has 1 aliphatic heterocycles. The van der Waals surface area contributed by atoms with Crippen LogP contribution in [0.2, 0.25) is 0 Å². The minimum atomic E-state index is -3.04. The fraction of sp³-hybridized carbons (Fsp3) is 0.542. The molecule has 11 nitrogen and oxygen atoms in total. The van der Waals surface area contributed by atoms with Gasteiger partial charge in [-0.1, -0.05) is 6.07 Å². The van der Waals surface area contributed by atoms with Crippen molar-refractivity contribution in [2.45, 2.75) is 70.6 Å². The topological polar surface area (TPSA) is 158 Å². The quantitative estimate of drug-likeness (QED) is 0.169. The standard InChI is InChI=1S/C24H32N4O3.HO4P.H2/c1-17(29)13-19(20-15-26-24(31-2)27-16-20)14-22(30)9-4-3-8-21-11-10-18-7-5-6-12-25-23(18)28-21;1-4-5(2)3;/h10-11,15-16,19H,3-9,12-14H2,1-2H3,(H,25,28);1H;1H/t19-;;/m0../s1. The molecule has 0 saturated heterocycles. The van der Waals surface area contributed by atoms with Crippen molar-refractivity contribution in [3.63, 3.8) is 0 Å². The second-order valence-corrected chi connectivity index (χ2v) is 9.17. The van der Waals surface area contributed by atoms with Gasteiger partial charge in [0.05, 0.1) is 7.11 Å². The molecular formula is C24H35N4O7P. The minimum Gasteiger partial charge on any atom is -0.467 e. The fourth-order valence-corrected chi connectivity index (χ4v) is 3.97. The van der Waals surface area contributed by atoms with Crippen molar-refractivity contribution in [3.05, 3.63) is 41.3 Å². The number of unbranched alkanes of at least 4 members (excludes halogenated alkanes) is 1. The molecule has 0 aromatic carbocycles. The molecule has 12 heteroatoms. The number of ketones is 2. The van der Waals surface area contributed by atoms with Gasteiger partial charge in [0.1, 0.15) is 17.4 Å². The number of aromatic nitrogens is 3. The summed E-state index contributed by atoms with van der Waals surface area (Å²) < 4.78 is 25.6. The minimum absolute atomic E-state index is 0. The van der Waals surface area contributed by atoms with E-state index in [0.29, 0.717) is 19.3 Å². The Kier molecular flexibility index (Phi) is 12.9. The van der Waals surface area contributed by atoms with Crippen LogP contribution >= 0.6 is 7.91 Å². The van der Waals surface area contributed by atoms with E-state index in [9.17, 15) is 9.59 Å². The van der Waals surface area contributed by atoms with E-state index < -0.39 is 7.91 Å². The molecule has 0 amide bonds. The molecule has 0 radical (unpaired) electrons. The van der Waals surface area contributed by atoms with Crippen LogP contribution in [0.5, 0.6) is 6.01 Å². The van der Waals surface area contributed by atoms with Gasteiger partial charge in [-0.25, -0.2) is 29.3 Å². The third-order valence-corrected chi connectivity index (χ3v) is 5.85. The summed E-state index contributed by atoms with van der Waals surface area (Å²) in [7, 11) is -1.54. The van der Waals surface area contributed by atoms with Gasteiger partial charge in [-0.05, 0) is 62.6 Å². The molecule has 0 unspecified atom stereocenters. The van der Waals surface area contributed by atoms with Crippen molar-refractivity contribution in [1.29, 1.82) is 0 Å². The van der Waals surface area contributed by atoms with E-state index in [2.05, 4.69) is 32.1 Å². The molecule has 36 heavy (non-hydrogen) atoms. The first-order valence-corrected chi connectivity index (χ1v) is 13.0. The Morgan fingerprint density at radius 2 is 1.89 bits per heavy atom. The largest absolute Gasteiger partial charge is 0.496 e. The summed E-state index contributed by atoms with van der Waals surface area (Å²) in [5.41, 5.74) is 3.17. The number of carbonyl (C=O) groups is 2. The third-order valence-electron chi connectivity index (χ3n) is 5.72. The van der Waals surface area contributed by atoms with Crippen LogP contribution in [0.1, 0.15) is 76.0 Å². The summed E-state index contributed by atoms with van der Waals surface area (Å²) in [5.74, 6) is 1.06. The molecule has 3 heterocycles. The van der Waals surface area contributed by atoms with E-state index in [1.165, 1.54) is 25.5 Å². The van der Waals surface area contributed by atoms with Gasteiger partial charge >= 0.3 is 13.9 Å². The van der Waals surface area contributed by atoms with Crippen LogP contribution in [-0.2, 0) is 36.2 Å². The van der Waals surface area contributed by atoms with Gasteiger partial charge in [-0.2, -0.15) is 0 Å². The Bertz CT molecular complexity index is 1060. The van der Waals surface area contributed by atoms with Crippen molar-refractivity contribution >= 4 is 25.3 Å². The maximum absolute atomic E-state index is 12.6. The summed E-state index contributed by atoms with van der Waals surface area (Å²) in [6.45, 7) is 2.53. The van der Waals surface area contributed by atoms with Crippen LogP contribution in [0.15, 0.2) is 24.5 Å². The summed E-state index contributed by atoms with van der Waals surface area (Å²) in [5, 5.41) is 10.5. The average molecular weight is 523 g/mol. The van der Waals surface area contributed by atoms with Crippen LogP contribution in [-0.4, -0.2) is 45.4 Å². The smallest absolute Gasteiger partial charge is 0.467 e. The zero-order valence-electron chi connectivity index (χ0n) is 20.6. The highest BCUT2D eigenvalue weighted by Crippen LogP contribution is 2.25. The van der Waals surface area contributed by atoms with Gasteiger partial charge in [0, 0.05) is 51.2 Å². The highest BCUT2D eigenvalue weighted by atomic mass is 31.1. The zero-order valence-corrected chi connectivity index (χ0v) is 21.5. The SMILES string of the molecule is COc1ncc([C@@H](CC(C)=O)CC(=O)CCCCc2ccc3c(n2)NCCCC3)cn1.O=P(=O)OO.[HH]. The predicted molar refractivity (Wildman–Crippen MR) is 134 cm³/mol. The maximum atomic E-state index is 12.6. The Hall–Kier alpha value is -3.01. The van der Waals surface area contributed by atoms with Crippen molar-refractivity contribution in [1.82, 2.24) is 15.0 Å². The van der Waals surface area contributed by atoms with Crippen LogP contribution in [0.4, 0.5) is 5.82 Å². The monoisotopic (exact) mass is 522 g/mol. The molecule has 1 atom stereocenters. The molecular weight excluding hydrogens is 487 g/mol. The normalized spacial score (nSPS) is 13.2. The molecule has 2 N–H and O–H groups in total. The summed E-state index contributed by atoms with van der Waals surface area (Å²) in [6.07, 6.45) is 10.5. The molecule has 1 aliphatic rings. The first-order chi connectivity index (χ1) is 17.3. The number of anilines is 1. The average Bonchev–Trinajstić information content (AvgIpc) is 3.11. The Morgan fingerprint density at radius 3 is 2.53 bits per heavy atom. The Balaban J connectivity index is 0.00000104. The number of nitrogens with one attached hydrogen (secondary N) is 1. The number of pyridine rings is 1. The second-order valence-electron chi connectivity index (χ2n) is 8.56. The lowest BCUT2D eigenvalue weighted by atomic mass is 9.90. The summed E-state index contributed by atoms with van der Waals surface area (Å²) in [6, 6.07) is 4.57. The van der Waals surface area contributed by atoms with Gasteiger partial charge in [-0.15, -0.1) is 4.67 Å². The first-order valence-electron chi connectivity index (χ1n) is 11.9. The predicted octanol–water partition coefficient (Wildman–Crippen LogP) is 4.87. The number of nitrogens with zero attached hydrogens (tertiary/aromatic N) is 3. The lowest BCUT2D eigenvalue weighted by Gasteiger charge is -2.15. The number of hydrogen-bond acceptors (Lipinski definition) is 11. The van der Waals surface area contributed by atoms with Crippen LogP contribution < -0.4 is 10.1 Å². The van der Waals surface area contributed by atoms with Gasteiger partial charge in [0.15, 0.2) is 0 Å². The van der Waals surface area contributed by atoms with Gasteiger partial charge in [-0.3, -0.25) is 4.79 Å². The van der Waals surface area contributed by atoms with Gasteiger partial charge in [0.25, 0.3) is 0 Å². The highest BCUT2D eigenvalue weighted by Gasteiger charge is 2.19. The van der Waals surface area contributed by atoms with Crippen molar-refractivity contribution in [3.8, 4) is 6.01 Å². The molecule has 0 bridgehead atoms. The number of hydrogen-bond donors (Lipinski definition) is 2. The van der Waals surface area contributed by atoms with E-state index in [-0.39, 0.29) is 24.9 Å². The molecule has 2 aromatic rings. The Labute approximate surface area is 212 Å². The zero-order chi connectivity index (χ0) is 26.3. The van der Waals surface area contributed by atoms with Crippen LogP contribution in [0.25, 0.3) is 0 Å². The van der Waals surface area contributed by atoms with E-state index in [0.717, 1.165) is 49.3 Å². The van der Waals surface area contributed by atoms with Crippen molar-refractivity contribution < 1.29 is 34.8 Å². The number of fused-ring (bicyclic) bond motifs is 1. The van der Waals surface area contributed by atoms with Crippen molar-refractivity contribution in [2.75, 3.05) is 19.0 Å². The molecule has 0 fully saturated rings. The molecule has 3 rings (SSSR count). The molecule has 0 saturated carbocycles.